The van der Waals surface area contributed by atoms with Gasteiger partial charge in [-0.15, -0.1) is 0 Å². The summed E-state index contributed by atoms with van der Waals surface area (Å²) in [6.45, 7) is 5.91. The van der Waals surface area contributed by atoms with Gasteiger partial charge in [0.25, 0.3) is 0 Å². The van der Waals surface area contributed by atoms with Gasteiger partial charge < -0.3 is 9.84 Å². The van der Waals surface area contributed by atoms with Crippen LogP contribution >= 0.6 is 0 Å². The first-order valence-electron chi connectivity index (χ1n) is 7.50. The third-order valence-corrected chi connectivity index (χ3v) is 4.31. The maximum absolute atomic E-state index is 12.2. The predicted octanol–water partition coefficient (Wildman–Crippen LogP) is 2.89. The number of aliphatic carboxylic acids is 1. The Labute approximate surface area is 120 Å². The van der Waals surface area contributed by atoms with E-state index in [2.05, 4.69) is 0 Å². The third-order valence-electron chi connectivity index (χ3n) is 4.31. The number of ether oxygens (including phenoxy) is 1. The number of carboxylic acid groups (broad SMARTS) is 1. The molecule has 114 valence electrons. The molecule has 2 unspecified atom stereocenters. The Bertz CT molecular complexity index is 382. The smallest absolute Gasteiger partial charge is 0.411 e. The van der Waals surface area contributed by atoms with Crippen LogP contribution in [0.3, 0.4) is 0 Å². The van der Waals surface area contributed by atoms with Gasteiger partial charge in [-0.05, 0) is 39.0 Å². The Balaban J connectivity index is 2.05. The number of carbonyl (C=O) groups is 2. The Morgan fingerprint density at radius 2 is 1.75 bits per heavy atom. The van der Waals surface area contributed by atoms with Gasteiger partial charge >= 0.3 is 12.1 Å². The van der Waals surface area contributed by atoms with Crippen molar-refractivity contribution in [3.63, 3.8) is 0 Å². The minimum absolute atomic E-state index is 0.311. The first-order valence-corrected chi connectivity index (χ1v) is 7.50. The molecule has 1 saturated carbocycles. The Morgan fingerprint density at radius 3 is 2.25 bits per heavy atom. The fourth-order valence-corrected chi connectivity index (χ4v) is 3.40. The number of carboxylic acids is 1. The minimum atomic E-state index is -0.920. The van der Waals surface area contributed by atoms with Crippen LogP contribution in [-0.2, 0) is 9.53 Å². The summed E-state index contributed by atoms with van der Waals surface area (Å²) in [5.74, 6) is -0.0354. The predicted molar refractivity (Wildman–Crippen MR) is 74.4 cm³/mol. The topological polar surface area (TPSA) is 66.8 Å². The van der Waals surface area contributed by atoms with Crippen LogP contribution in [0.4, 0.5) is 4.79 Å². The van der Waals surface area contributed by atoms with Crippen LogP contribution in [0.1, 0.15) is 52.9 Å². The largest absolute Gasteiger partial charge is 0.480 e. The number of hydrogen-bond donors (Lipinski definition) is 1. The quantitative estimate of drug-likeness (QED) is 0.846. The summed E-state index contributed by atoms with van der Waals surface area (Å²) >= 11 is 0. The molecule has 1 amide bonds. The lowest BCUT2D eigenvalue weighted by atomic mass is 9.89. The molecule has 2 atom stereocenters. The highest BCUT2D eigenvalue weighted by Crippen LogP contribution is 2.39. The van der Waals surface area contributed by atoms with E-state index in [-0.39, 0.29) is 0 Å². The molecule has 0 bridgehead atoms. The Morgan fingerprint density at radius 1 is 1.15 bits per heavy atom. The van der Waals surface area contributed by atoms with E-state index in [0.717, 1.165) is 0 Å². The first kappa shape index (κ1) is 15.1. The molecule has 0 spiro atoms. The molecule has 2 fully saturated rings. The van der Waals surface area contributed by atoms with Gasteiger partial charge in [0, 0.05) is 6.54 Å². The molecule has 2 aliphatic rings. The van der Waals surface area contributed by atoms with Crippen molar-refractivity contribution in [3.05, 3.63) is 0 Å². The van der Waals surface area contributed by atoms with Crippen LogP contribution in [0.25, 0.3) is 0 Å². The van der Waals surface area contributed by atoms with Gasteiger partial charge in [0.05, 0.1) is 0 Å². The van der Waals surface area contributed by atoms with Crippen LogP contribution in [0.5, 0.6) is 0 Å². The highest BCUT2D eigenvalue weighted by molar-refractivity contribution is 5.81. The normalized spacial score (nSPS) is 27.9. The molecule has 1 heterocycles. The summed E-state index contributed by atoms with van der Waals surface area (Å²) in [6.07, 6.45) is 4.86. The van der Waals surface area contributed by atoms with E-state index >= 15 is 0 Å². The number of amides is 1. The second-order valence-corrected chi connectivity index (χ2v) is 7.03. The zero-order valence-corrected chi connectivity index (χ0v) is 12.6. The number of hydrogen-bond acceptors (Lipinski definition) is 3. The molecule has 5 nitrogen and oxygen atoms in total. The molecule has 1 aliphatic heterocycles. The molecule has 0 aromatic heterocycles. The van der Waals surface area contributed by atoms with E-state index in [0.29, 0.717) is 24.8 Å². The molecular formula is C15H25NO4. The molecule has 1 aliphatic carbocycles. The molecule has 0 aromatic rings. The molecular weight excluding hydrogens is 258 g/mol. The van der Waals surface area contributed by atoms with E-state index in [1.54, 1.807) is 20.8 Å². The molecule has 2 rings (SSSR count). The van der Waals surface area contributed by atoms with Crippen molar-refractivity contribution in [3.8, 4) is 0 Å². The zero-order valence-electron chi connectivity index (χ0n) is 12.6. The van der Waals surface area contributed by atoms with Crippen molar-refractivity contribution < 1.29 is 19.4 Å². The van der Waals surface area contributed by atoms with Crippen molar-refractivity contribution in [2.24, 2.45) is 11.8 Å². The fraction of sp³-hybridized carbons (Fsp3) is 0.867. The maximum atomic E-state index is 12.2. The van der Waals surface area contributed by atoms with Crippen LogP contribution in [0, 0.1) is 11.8 Å². The van der Waals surface area contributed by atoms with Gasteiger partial charge in [-0.2, -0.15) is 0 Å². The molecule has 0 aromatic carbocycles. The van der Waals surface area contributed by atoms with E-state index in [1.807, 2.05) is 0 Å². The summed E-state index contributed by atoms with van der Waals surface area (Å²) in [6, 6.07) is -0.726. The van der Waals surface area contributed by atoms with Crippen molar-refractivity contribution in [2.45, 2.75) is 64.5 Å². The second-order valence-electron chi connectivity index (χ2n) is 7.03. The van der Waals surface area contributed by atoms with Gasteiger partial charge in [-0.3, -0.25) is 4.90 Å². The van der Waals surface area contributed by atoms with E-state index in [9.17, 15) is 14.7 Å². The molecule has 1 saturated heterocycles. The van der Waals surface area contributed by atoms with Crippen molar-refractivity contribution in [1.82, 2.24) is 4.90 Å². The zero-order chi connectivity index (χ0) is 14.9. The molecule has 0 radical (unpaired) electrons. The van der Waals surface area contributed by atoms with Crippen molar-refractivity contribution >= 4 is 12.1 Å². The average Bonchev–Trinajstić information content (AvgIpc) is 2.95. The lowest BCUT2D eigenvalue weighted by Crippen LogP contribution is -2.43. The molecule has 5 heteroatoms. The van der Waals surface area contributed by atoms with Crippen LogP contribution < -0.4 is 0 Å². The van der Waals surface area contributed by atoms with Crippen LogP contribution in [0.15, 0.2) is 0 Å². The van der Waals surface area contributed by atoms with Gasteiger partial charge in [0.1, 0.15) is 11.6 Å². The summed E-state index contributed by atoms with van der Waals surface area (Å²) in [5.41, 5.74) is -0.592. The summed E-state index contributed by atoms with van der Waals surface area (Å²) in [5, 5.41) is 9.34. The van der Waals surface area contributed by atoms with E-state index in [1.165, 1.54) is 30.6 Å². The monoisotopic (exact) mass is 283 g/mol. The Hall–Kier alpha value is -1.26. The molecule has 20 heavy (non-hydrogen) atoms. The van der Waals surface area contributed by atoms with Crippen LogP contribution in [-0.4, -0.2) is 40.3 Å². The lowest BCUT2D eigenvalue weighted by molar-refractivity contribution is -0.142. The van der Waals surface area contributed by atoms with E-state index in [4.69, 9.17) is 4.74 Å². The number of rotatable bonds is 2. The summed E-state index contributed by atoms with van der Waals surface area (Å²) in [7, 11) is 0. The molecule has 1 N–H and O–H groups in total. The second kappa shape index (κ2) is 5.62. The minimum Gasteiger partial charge on any atom is -0.480 e. The van der Waals surface area contributed by atoms with Crippen LogP contribution in [0.2, 0.25) is 0 Å². The van der Waals surface area contributed by atoms with Gasteiger partial charge in [0.2, 0.25) is 0 Å². The van der Waals surface area contributed by atoms with Crippen molar-refractivity contribution in [2.75, 3.05) is 6.54 Å². The third kappa shape index (κ3) is 3.44. The summed E-state index contributed by atoms with van der Waals surface area (Å²) in [4.78, 5) is 25.0. The SMILES string of the molecule is CC(C)(C)OC(=O)N1CC(C2CCCC2)CC1C(=O)O. The fourth-order valence-electron chi connectivity index (χ4n) is 3.40. The maximum Gasteiger partial charge on any atom is 0.411 e. The van der Waals surface area contributed by atoms with Gasteiger partial charge in [-0.25, -0.2) is 9.59 Å². The standard InChI is InChI=1S/C15H25NO4/c1-15(2,3)20-14(19)16-9-11(8-12(16)13(17)18)10-6-4-5-7-10/h10-12H,4-9H2,1-3H3,(H,17,18). The highest BCUT2D eigenvalue weighted by atomic mass is 16.6. The number of nitrogens with zero attached hydrogens (tertiary/aromatic N) is 1. The van der Waals surface area contributed by atoms with Crippen molar-refractivity contribution in [1.29, 1.82) is 0 Å². The van der Waals surface area contributed by atoms with E-state index < -0.39 is 23.7 Å². The average molecular weight is 283 g/mol. The highest BCUT2D eigenvalue weighted by Gasteiger charge is 2.44. The lowest BCUT2D eigenvalue weighted by Gasteiger charge is -2.27. The van der Waals surface area contributed by atoms with Gasteiger partial charge in [-0.1, -0.05) is 25.7 Å². The van der Waals surface area contributed by atoms with Gasteiger partial charge in [0.15, 0.2) is 0 Å². The number of carbonyl (C=O) groups excluding carboxylic acids is 1. The Kier molecular flexibility index (Phi) is 4.25. The number of likely N-dealkylation sites (tertiary alicyclic amines) is 1. The summed E-state index contributed by atoms with van der Waals surface area (Å²) < 4.78 is 5.34. The first-order chi connectivity index (χ1) is 9.28.